The van der Waals surface area contributed by atoms with E-state index in [9.17, 15) is 4.79 Å². The van der Waals surface area contributed by atoms with Crippen molar-refractivity contribution in [3.05, 3.63) is 42.1 Å². The first-order chi connectivity index (χ1) is 9.65. The Morgan fingerprint density at radius 2 is 2.10 bits per heavy atom. The molecule has 0 saturated heterocycles. The number of fused-ring (bicyclic) bond motifs is 1. The fraction of sp³-hybridized carbons (Fsp3) is 0.200. The van der Waals surface area contributed by atoms with Gasteiger partial charge in [-0.1, -0.05) is 18.2 Å². The fourth-order valence-electron chi connectivity index (χ4n) is 2.21. The van der Waals surface area contributed by atoms with E-state index < -0.39 is 0 Å². The van der Waals surface area contributed by atoms with Gasteiger partial charge in [0.2, 0.25) is 0 Å². The molecule has 102 valence electrons. The molecule has 0 unspecified atom stereocenters. The average Bonchev–Trinajstić information content (AvgIpc) is 3.04. The average molecular weight is 268 g/mol. The van der Waals surface area contributed by atoms with Crippen molar-refractivity contribution >= 4 is 16.8 Å². The van der Waals surface area contributed by atoms with E-state index in [1.54, 1.807) is 6.20 Å². The van der Waals surface area contributed by atoms with Crippen LogP contribution in [0.25, 0.3) is 22.3 Å². The van der Waals surface area contributed by atoms with E-state index in [4.69, 9.17) is 0 Å². The summed E-state index contributed by atoms with van der Waals surface area (Å²) in [7, 11) is 0. The Morgan fingerprint density at radius 1 is 1.30 bits per heavy atom. The van der Waals surface area contributed by atoms with E-state index in [0.29, 0.717) is 11.3 Å². The summed E-state index contributed by atoms with van der Waals surface area (Å²) in [5, 5.41) is 10.9. The van der Waals surface area contributed by atoms with Crippen LogP contribution in [-0.4, -0.2) is 27.1 Å². The molecule has 2 heterocycles. The van der Waals surface area contributed by atoms with Crippen LogP contribution in [-0.2, 0) is 0 Å². The number of nitrogens with one attached hydrogen (secondary N) is 3. The zero-order valence-corrected chi connectivity index (χ0v) is 11.4. The normalized spacial score (nSPS) is 11.2. The molecule has 5 heteroatoms. The minimum atomic E-state index is -0.123. The molecule has 20 heavy (non-hydrogen) atoms. The van der Waals surface area contributed by atoms with Crippen LogP contribution in [0.2, 0.25) is 0 Å². The van der Waals surface area contributed by atoms with Crippen molar-refractivity contribution in [3.8, 4) is 11.4 Å². The van der Waals surface area contributed by atoms with Crippen molar-refractivity contribution in [2.24, 2.45) is 0 Å². The summed E-state index contributed by atoms with van der Waals surface area (Å²) in [4.78, 5) is 15.4. The first-order valence-electron chi connectivity index (χ1n) is 6.57. The monoisotopic (exact) mass is 268 g/mol. The molecule has 0 aliphatic heterocycles. The lowest BCUT2D eigenvalue weighted by atomic mass is 10.1. The third-order valence-corrected chi connectivity index (χ3v) is 3.10. The highest BCUT2D eigenvalue weighted by atomic mass is 16.1. The maximum absolute atomic E-state index is 12.1. The maximum atomic E-state index is 12.1. The number of rotatable bonds is 3. The quantitative estimate of drug-likeness (QED) is 0.683. The van der Waals surface area contributed by atoms with Crippen LogP contribution in [0.15, 0.2) is 36.5 Å². The Bertz CT molecular complexity index is 721. The number of benzene rings is 1. The van der Waals surface area contributed by atoms with E-state index >= 15 is 0 Å². The zero-order valence-electron chi connectivity index (χ0n) is 11.4. The minimum absolute atomic E-state index is 0.0907. The zero-order chi connectivity index (χ0) is 14.1. The Balaban J connectivity index is 2.02. The van der Waals surface area contributed by atoms with Crippen LogP contribution < -0.4 is 5.32 Å². The Labute approximate surface area is 116 Å². The predicted octanol–water partition coefficient (Wildman–Crippen LogP) is 2.70. The summed E-state index contributed by atoms with van der Waals surface area (Å²) in [5.74, 6) is -0.123. The van der Waals surface area contributed by atoms with E-state index in [1.165, 1.54) is 0 Å². The van der Waals surface area contributed by atoms with Crippen molar-refractivity contribution in [2.75, 3.05) is 0 Å². The third kappa shape index (κ3) is 2.18. The Hall–Kier alpha value is -2.56. The number of hydrogen-bond acceptors (Lipinski definition) is 2. The smallest absolute Gasteiger partial charge is 0.255 e. The summed E-state index contributed by atoms with van der Waals surface area (Å²) in [6.07, 6.45) is 1.55. The molecule has 5 nitrogen and oxygen atoms in total. The highest BCUT2D eigenvalue weighted by Crippen LogP contribution is 2.25. The molecule has 0 bridgehead atoms. The molecule has 0 spiro atoms. The van der Waals surface area contributed by atoms with Crippen molar-refractivity contribution in [1.29, 1.82) is 0 Å². The Morgan fingerprint density at radius 3 is 2.85 bits per heavy atom. The Kier molecular flexibility index (Phi) is 3.02. The van der Waals surface area contributed by atoms with E-state index in [0.717, 1.165) is 16.6 Å². The van der Waals surface area contributed by atoms with E-state index in [1.807, 2.05) is 44.2 Å². The van der Waals surface area contributed by atoms with Crippen LogP contribution in [0.3, 0.4) is 0 Å². The number of amides is 1. The molecule has 3 rings (SSSR count). The fourth-order valence-corrected chi connectivity index (χ4v) is 2.21. The van der Waals surface area contributed by atoms with Gasteiger partial charge in [0.05, 0.1) is 23.1 Å². The van der Waals surface area contributed by atoms with Crippen molar-refractivity contribution < 1.29 is 4.79 Å². The molecule has 0 aliphatic rings. The number of carbonyl (C=O) groups excluding carboxylic acids is 1. The minimum Gasteiger partial charge on any atom is -0.353 e. The lowest BCUT2D eigenvalue weighted by molar-refractivity contribution is 0.0944. The molecular weight excluding hydrogens is 252 g/mol. The molecule has 0 radical (unpaired) electrons. The molecule has 0 saturated carbocycles. The molecule has 1 amide bonds. The van der Waals surface area contributed by atoms with Gasteiger partial charge in [-0.2, -0.15) is 5.10 Å². The number of nitrogens with zero attached hydrogens (tertiary/aromatic N) is 1. The lowest BCUT2D eigenvalue weighted by Gasteiger charge is -2.07. The van der Waals surface area contributed by atoms with Crippen LogP contribution >= 0.6 is 0 Å². The second kappa shape index (κ2) is 4.85. The molecule has 1 aromatic carbocycles. The number of carbonyl (C=O) groups is 1. The van der Waals surface area contributed by atoms with Gasteiger partial charge in [-0.15, -0.1) is 0 Å². The SMILES string of the molecule is CC(C)NC(=O)c1cn[nH]c1-c1cc2ccccc2[nH]1. The summed E-state index contributed by atoms with van der Waals surface area (Å²) in [6.45, 7) is 3.86. The standard InChI is InChI=1S/C15H16N4O/c1-9(2)17-15(20)11-8-16-19-14(11)13-7-10-5-3-4-6-12(10)18-13/h3-9,18H,1-2H3,(H,16,19)(H,17,20). The van der Waals surface area contributed by atoms with Gasteiger partial charge < -0.3 is 10.3 Å². The third-order valence-electron chi connectivity index (χ3n) is 3.10. The number of aromatic amines is 2. The molecular formula is C15H16N4O. The van der Waals surface area contributed by atoms with Gasteiger partial charge in [-0.25, -0.2) is 0 Å². The van der Waals surface area contributed by atoms with E-state index in [-0.39, 0.29) is 11.9 Å². The molecule has 3 N–H and O–H groups in total. The number of H-pyrrole nitrogens is 2. The van der Waals surface area contributed by atoms with Gasteiger partial charge >= 0.3 is 0 Å². The molecule has 0 aliphatic carbocycles. The summed E-state index contributed by atoms with van der Waals surface area (Å²) < 4.78 is 0. The molecule has 0 fully saturated rings. The number of aromatic nitrogens is 3. The summed E-state index contributed by atoms with van der Waals surface area (Å²) in [5.41, 5.74) is 3.15. The van der Waals surface area contributed by atoms with Gasteiger partial charge in [0.25, 0.3) is 5.91 Å². The predicted molar refractivity (Wildman–Crippen MR) is 78.5 cm³/mol. The van der Waals surface area contributed by atoms with E-state index in [2.05, 4.69) is 20.5 Å². The molecule has 0 atom stereocenters. The highest BCUT2D eigenvalue weighted by Gasteiger charge is 2.17. The molecule has 3 aromatic rings. The lowest BCUT2D eigenvalue weighted by Crippen LogP contribution is -2.30. The first kappa shape index (κ1) is 12.5. The van der Waals surface area contributed by atoms with Crippen molar-refractivity contribution in [2.45, 2.75) is 19.9 Å². The van der Waals surface area contributed by atoms with Crippen LogP contribution in [0.1, 0.15) is 24.2 Å². The van der Waals surface area contributed by atoms with Crippen molar-refractivity contribution in [1.82, 2.24) is 20.5 Å². The maximum Gasteiger partial charge on any atom is 0.255 e. The second-order valence-electron chi connectivity index (χ2n) is 5.06. The van der Waals surface area contributed by atoms with Crippen LogP contribution in [0.4, 0.5) is 0 Å². The van der Waals surface area contributed by atoms with Crippen LogP contribution in [0.5, 0.6) is 0 Å². The first-order valence-corrected chi connectivity index (χ1v) is 6.57. The summed E-state index contributed by atoms with van der Waals surface area (Å²) >= 11 is 0. The van der Waals surface area contributed by atoms with Gasteiger partial charge in [-0.05, 0) is 26.0 Å². The highest BCUT2D eigenvalue weighted by molar-refractivity contribution is 6.00. The number of hydrogen-bond donors (Lipinski definition) is 3. The van der Waals surface area contributed by atoms with Crippen molar-refractivity contribution in [3.63, 3.8) is 0 Å². The largest absolute Gasteiger partial charge is 0.353 e. The second-order valence-corrected chi connectivity index (χ2v) is 5.06. The summed E-state index contributed by atoms with van der Waals surface area (Å²) in [6, 6.07) is 10.1. The molecule has 2 aromatic heterocycles. The van der Waals surface area contributed by atoms with Gasteiger partial charge in [-0.3, -0.25) is 9.89 Å². The topological polar surface area (TPSA) is 73.6 Å². The van der Waals surface area contributed by atoms with Gasteiger partial charge in [0.15, 0.2) is 0 Å². The van der Waals surface area contributed by atoms with Gasteiger partial charge in [0, 0.05) is 16.9 Å². The van der Waals surface area contributed by atoms with Crippen LogP contribution in [0, 0.1) is 0 Å². The van der Waals surface area contributed by atoms with Gasteiger partial charge in [0.1, 0.15) is 0 Å². The number of para-hydroxylation sites is 1.